The van der Waals surface area contributed by atoms with E-state index in [1.54, 1.807) is 0 Å². The third kappa shape index (κ3) is 3.10. The first-order chi connectivity index (χ1) is 7.24. The van der Waals surface area contributed by atoms with Gasteiger partial charge < -0.3 is 5.73 Å². The highest BCUT2D eigenvalue weighted by Gasteiger charge is 2.09. The van der Waals surface area contributed by atoms with Crippen LogP contribution in [0.2, 0.25) is 0 Å². The zero-order valence-electron chi connectivity index (χ0n) is 9.02. The fourth-order valence-electron chi connectivity index (χ4n) is 1.90. The maximum atomic E-state index is 5.82. The van der Waals surface area contributed by atoms with E-state index in [1.165, 1.54) is 22.3 Å². The summed E-state index contributed by atoms with van der Waals surface area (Å²) in [6.45, 7) is 2.68. The molecule has 0 spiro atoms. The molecule has 0 heterocycles. The molecular formula is C12H17Cl2N. The van der Waals surface area contributed by atoms with Crippen molar-refractivity contribution in [1.82, 2.24) is 0 Å². The van der Waals surface area contributed by atoms with E-state index in [2.05, 4.69) is 19.1 Å². The molecule has 0 aliphatic rings. The molecule has 0 aliphatic heterocycles. The summed E-state index contributed by atoms with van der Waals surface area (Å²) >= 11 is 11.6. The van der Waals surface area contributed by atoms with Crippen LogP contribution in [0.5, 0.6) is 0 Å². The summed E-state index contributed by atoms with van der Waals surface area (Å²) in [6, 6.07) is 4.21. The van der Waals surface area contributed by atoms with Crippen LogP contribution < -0.4 is 5.73 Å². The molecular weight excluding hydrogens is 229 g/mol. The zero-order valence-corrected chi connectivity index (χ0v) is 10.5. The molecule has 15 heavy (non-hydrogen) atoms. The predicted octanol–water partition coefficient (Wildman–Crippen LogP) is 3.02. The molecule has 0 saturated heterocycles. The Morgan fingerprint density at radius 2 is 1.67 bits per heavy atom. The van der Waals surface area contributed by atoms with Crippen molar-refractivity contribution in [3.05, 3.63) is 34.4 Å². The summed E-state index contributed by atoms with van der Waals surface area (Å²) in [5, 5.41) is 0. The molecule has 1 aromatic rings. The molecule has 84 valence electrons. The Bertz CT molecular complexity index is 324. The van der Waals surface area contributed by atoms with E-state index >= 15 is 0 Å². The van der Waals surface area contributed by atoms with Gasteiger partial charge >= 0.3 is 0 Å². The predicted molar refractivity (Wildman–Crippen MR) is 67.9 cm³/mol. The first-order valence-electron chi connectivity index (χ1n) is 5.16. The summed E-state index contributed by atoms with van der Waals surface area (Å²) in [5.74, 6) is 1.27. The van der Waals surface area contributed by atoms with Crippen molar-refractivity contribution in [2.45, 2.75) is 26.3 Å². The number of nitrogens with two attached hydrogens (primary N) is 1. The number of hydrogen-bond acceptors (Lipinski definition) is 1. The van der Waals surface area contributed by atoms with Crippen molar-refractivity contribution in [2.75, 3.05) is 11.8 Å². The number of alkyl halides is 2. The average molecular weight is 246 g/mol. The summed E-state index contributed by atoms with van der Waals surface area (Å²) in [7, 11) is 0. The van der Waals surface area contributed by atoms with Gasteiger partial charge in [0.15, 0.2) is 0 Å². The van der Waals surface area contributed by atoms with Gasteiger partial charge in [-0.3, -0.25) is 0 Å². The van der Waals surface area contributed by atoms with E-state index in [0.717, 1.165) is 12.8 Å². The van der Waals surface area contributed by atoms with Gasteiger partial charge in [0, 0.05) is 18.3 Å². The molecule has 0 saturated carbocycles. The van der Waals surface area contributed by atoms with Gasteiger partial charge in [-0.2, -0.15) is 0 Å². The Morgan fingerprint density at radius 1 is 1.07 bits per heavy atom. The van der Waals surface area contributed by atoms with Crippen LogP contribution in [0.3, 0.4) is 0 Å². The molecule has 0 aromatic heterocycles. The minimum Gasteiger partial charge on any atom is -0.326 e. The lowest BCUT2D eigenvalue weighted by Crippen LogP contribution is -2.08. The number of halogens is 2. The highest BCUT2D eigenvalue weighted by atomic mass is 35.5. The standard InChI is InChI=1S/C12H17Cl2N/c1-9-2-3-10(8-15)12(5-7-14)11(9)4-6-13/h2-3H,4-8,15H2,1H3. The Morgan fingerprint density at radius 3 is 2.20 bits per heavy atom. The highest BCUT2D eigenvalue weighted by molar-refractivity contribution is 6.18. The van der Waals surface area contributed by atoms with Gasteiger partial charge in [0.1, 0.15) is 0 Å². The monoisotopic (exact) mass is 245 g/mol. The van der Waals surface area contributed by atoms with E-state index in [1.807, 2.05) is 0 Å². The number of hydrogen-bond donors (Lipinski definition) is 1. The van der Waals surface area contributed by atoms with Crippen molar-refractivity contribution in [2.24, 2.45) is 5.73 Å². The van der Waals surface area contributed by atoms with Gasteiger partial charge in [-0.05, 0) is 42.0 Å². The SMILES string of the molecule is Cc1ccc(CN)c(CCCl)c1CCCl. The molecule has 0 unspecified atom stereocenters. The number of benzene rings is 1. The molecule has 1 rings (SSSR count). The summed E-state index contributed by atoms with van der Waals surface area (Å²) in [5.41, 5.74) is 10.8. The third-order valence-corrected chi connectivity index (χ3v) is 3.05. The lowest BCUT2D eigenvalue weighted by Gasteiger charge is -2.15. The van der Waals surface area contributed by atoms with Crippen LogP contribution in [-0.4, -0.2) is 11.8 Å². The Hall–Kier alpha value is -0.240. The first-order valence-corrected chi connectivity index (χ1v) is 6.23. The van der Waals surface area contributed by atoms with E-state index in [9.17, 15) is 0 Å². The molecule has 0 fully saturated rings. The molecule has 3 heteroatoms. The molecule has 0 amide bonds. The molecule has 0 radical (unpaired) electrons. The highest BCUT2D eigenvalue weighted by Crippen LogP contribution is 2.21. The van der Waals surface area contributed by atoms with Gasteiger partial charge in [-0.1, -0.05) is 12.1 Å². The fraction of sp³-hybridized carbons (Fsp3) is 0.500. The lowest BCUT2D eigenvalue weighted by atomic mass is 9.93. The van der Waals surface area contributed by atoms with Crippen molar-refractivity contribution >= 4 is 23.2 Å². The Labute approximate surface area is 102 Å². The van der Waals surface area contributed by atoms with Crippen LogP contribution >= 0.6 is 23.2 Å². The lowest BCUT2D eigenvalue weighted by molar-refractivity contribution is 0.956. The van der Waals surface area contributed by atoms with E-state index in [-0.39, 0.29) is 0 Å². The van der Waals surface area contributed by atoms with Crippen molar-refractivity contribution in [3.8, 4) is 0 Å². The van der Waals surface area contributed by atoms with Crippen LogP contribution in [0, 0.1) is 6.92 Å². The van der Waals surface area contributed by atoms with Gasteiger partial charge in [0.25, 0.3) is 0 Å². The summed E-state index contributed by atoms with van der Waals surface area (Å²) in [4.78, 5) is 0. The Kier molecular flexibility index (Phi) is 5.44. The number of rotatable bonds is 5. The normalized spacial score (nSPS) is 10.7. The molecule has 0 bridgehead atoms. The van der Waals surface area contributed by atoms with Gasteiger partial charge in [0.2, 0.25) is 0 Å². The fourth-order valence-corrected chi connectivity index (χ4v) is 2.28. The van der Waals surface area contributed by atoms with E-state index in [0.29, 0.717) is 18.3 Å². The summed E-state index contributed by atoms with van der Waals surface area (Å²) in [6.07, 6.45) is 1.77. The molecule has 2 N–H and O–H groups in total. The van der Waals surface area contributed by atoms with Gasteiger partial charge in [-0.15, -0.1) is 23.2 Å². The first kappa shape index (κ1) is 12.8. The van der Waals surface area contributed by atoms with Crippen LogP contribution in [0.25, 0.3) is 0 Å². The molecule has 1 nitrogen and oxygen atoms in total. The maximum Gasteiger partial charge on any atom is 0.0264 e. The number of aryl methyl sites for hydroxylation is 1. The topological polar surface area (TPSA) is 26.0 Å². The average Bonchev–Trinajstić information content (AvgIpc) is 2.24. The zero-order chi connectivity index (χ0) is 11.3. The maximum absolute atomic E-state index is 5.82. The van der Waals surface area contributed by atoms with Crippen molar-refractivity contribution in [3.63, 3.8) is 0 Å². The molecule has 1 aromatic carbocycles. The second-order valence-corrected chi connectivity index (χ2v) is 4.34. The molecule has 0 aliphatic carbocycles. The van der Waals surface area contributed by atoms with Crippen LogP contribution in [0.15, 0.2) is 12.1 Å². The Balaban J connectivity index is 3.17. The van der Waals surface area contributed by atoms with Crippen LogP contribution in [0.4, 0.5) is 0 Å². The van der Waals surface area contributed by atoms with Gasteiger partial charge in [-0.25, -0.2) is 0 Å². The van der Waals surface area contributed by atoms with Gasteiger partial charge in [0.05, 0.1) is 0 Å². The van der Waals surface area contributed by atoms with E-state index < -0.39 is 0 Å². The second-order valence-electron chi connectivity index (χ2n) is 3.58. The largest absolute Gasteiger partial charge is 0.326 e. The minimum atomic E-state index is 0.571. The van der Waals surface area contributed by atoms with Crippen LogP contribution in [0.1, 0.15) is 22.3 Å². The third-order valence-electron chi connectivity index (χ3n) is 2.67. The minimum absolute atomic E-state index is 0.571. The van der Waals surface area contributed by atoms with Crippen molar-refractivity contribution in [1.29, 1.82) is 0 Å². The van der Waals surface area contributed by atoms with E-state index in [4.69, 9.17) is 28.9 Å². The smallest absolute Gasteiger partial charge is 0.0264 e. The van der Waals surface area contributed by atoms with Crippen LogP contribution in [-0.2, 0) is 19.4 Å². The summed E-state index contributed by atoms with van der Waals surface area (Å²) < 4.78 is 0. The quantitative estimate of drug-likeness (QED) is 0.794. The molecule has 0 atom stereocenters. The van der Waals surface area contributed by atoms with Crippen molar-refractivity contribution < 1.29 is 0 Å². The second kappa shape index (κ2) is 6.37.